The number of aliphatic hydroxyl groups is 2. The average molecular weight is 294 g/mol. The van der Waals surface area contributed by atoms with Crippen molar-refractivity contribution in [3.05, 3.63) is 35.4 Å². The fourth-order valence-electron chi connectivity index (χ4n) is 2.57. The molecule has 2 rings (SSSR count). The van der Waals surface area contributed by atoms with Crippen molar-refractivity contribution in [3.63, 3.8) is 0 Å². The van der Waals surface area contributed by atoms with Crippen LogP contribution in [0.3, 0.4) is 0 Å². The molecule has 20 heavy (non-hydrogen) atoms. The Morgan fingerprint density at radius 1 is 1.30 bits per heavy atom. The Morgan fingerprint density at radius 3 is 2.40 bits per heavy atom. The van der Waals surface area contributed by atoms with Gasteiger partial charge in [0.15, 0.2) is 0 Å². The molecule has 4 N–H and O–H groups in total. The number of aliphatic hydroxyl groups excluding tert-OH is 2. The van der Waals surface area contributed by atoms with Gasteiger partial charge in [-0.25, -0.2) is 0 Å². The maximum Gasteiger partial charge on any atom is 0.103 e. The van der Waals surface area contributed by atoms with Crippen molar-refractivity contribution >= 4 is 17.2 Å². The molecule has 1 unspecified atom stereocenters. The fourth-order valence-corrected chi connectivity index (χ4v) is 2.71. The fraction of sp³-hybridized carbons (Fsp3) is 0.533. The number of piperidine rings is 1. The highest BCUT2D eigenvalue weighted by Crippen LogP contribution is 2.20. The molecule has 1 saturated heterocycles. The Balaban J connectivity index is 1.88. The second kappa shape index (κ2) is 7.13. The van der Waals surface area contributed by atoms with Gasteiger partial charge in [0, 0.05) is 18.7 Å². The van der Waals surface area contributed by atoms with Crippen LogP contribution in [0.4, 0.5) is 0 Å². The first-order valence-corrected chi connectivity index (χ1v) is 7.42. The van der Waals surface area contributed by atoms with Crippen molar-refractivity contribution < 1.29 is 10.2 Å². The molecule has 1 aromatic carbocycles. The molecular weight excluding hydrogens is 272 g/mol. The summed E-state index contributed by atoms with van der Waals surface area (Å²) >= 11 is 4.91. The molecule has 5 heteroatoms. The van der Waals surface area contributed by atoms with Crippen LogP contribution in [0.2, 0.25) is 0 Å². The van der Waals surface area contributed by atoms with Crippen LogP contribution < -0.4 is 5.73 Å². The van der Waals surface area contributed by atoms with E-state index in [2.05, 4.69) is 4.90 Å². The standard InChI is InChI=1S/C15H22N2O2S/c16-15(20)13-3-1-12(2-4-13)14(19)9-17-7-5-11(10-18)6-8-17/h1-4,11,14,18-19H,5-10H2,(H2,16,20). The van der Waals surface area contributed by atoms with Crippen molar-refractivity contribution in [1.82, 2.24) is 4.90 Å². The van der Waals surface area contributed by atoms with E-state index in [9.17, 15) is 5.11 Å². The summed E-state index contributed by atoms with van der Waals surface area (Å²) in [6.45, 7) is 2.78. The van der Waals surface area contributed by atoms with Gasteiger partial charge in [-0.1, -0.05) is 36.5 Å². The van der Waals surface area contributed by atoms with Crippen molar-refractivity contribution in [2.24, 2.45) is 11.7 Å². The maximum absolute atomic E-state index is 10.3. The Hall–Kier alpha value is -1.01. The first-order chi connectivity index (χ1) is 9.60. The monoisotopic (exact) mass is 294 g/mol. The first kappa shape index (κ1) is 15.4. The molecule has 1 heterocycles. The van der Waals surface area contributed by atoms with Gasteiger partial charge in [0.2, 0.25) is 0 Å². The molecule has 1 fully saturated rings. The van der Waals surface area contributed by atoms with Crippen LogP contribution in [0, 0.1) is 5.92 Å². The third-order valence-electron chi connectivity index (χ3n) is 3.98. The summed E-state index contributed by atoms with van der Waals surface area (Å²) in [6.07, 6.45) is 1.51. The number of nitrogens with two attached hydrogens (primary N) is 1. The van der Waals surface area contributed by atoms with Crippen LogP contribution >= 0.6 is 12.2 Å². The van der Waals surface area contributed by atoms with Crippen molar-refractivity contribution in [2.75, 3.05) is 26.2 Å². The third kappa shape index (κ3) is 3.99. The van der Waals surface area contributed by atoms with Crippen LogP contribution in [-0.2, 0) is 0 Å². The summed E-state index contributed by atoms with van der Waals surface area (Å²) in [4.78, 5) is 2.62. The molecule has 1 atom stereocenters. The molecule has 1 aromatic rings. The van der Waals surface area contributed by atoms with Crippen molar-refractivity contribution in [1.29, 1.82) is 0 Å². The van der Waals surface area contributed by atoms with Crippen LogP contribution in [0.5, 0.6) is 0 Å². The Kier molecular flexibility index (Phi) is 5.48. The number of likely N-dealkylation sites (tertiary alicyclic amines) is 1. The topological polar surface area (TPSA) is 69.7 Å². The highest BCUT2D eigenvalue weighted by molar-refractivity contribution is 7.80. The van der Waals surface area contributed by atoms with E-state index in [1.165, 1.54) is 0 Å². The van der Waals surface area contributed by atoms with E-state index in [-0.39, 0.29) is 6.61 Å². The van der Waals surface area contributed by atoms with Crippen LogP contribution in [0.1, 0.15) is 30.1 Å². The zero-order valence-corrected chi connectivity index (χ0v) is 12.4. The molecule has 0 aromatic heterocycles. The van der Waals surface area contributed by atoms with Gasteiger partial charge in [-0.15, -0.1) is 0 Å². The van der Waals surface area contributed by atoms with Gasteiger partial charge in [-0.3, -0.25) is 0 Å². The molecule has 1 aliphatic heterocycles. The summed E-state index contributed by atoms with van der Waals surface area (Å²) in [7, 11) is 0. The lowest BCUT2D eigenvalue weighted by Gasteiger charge is -2.32. The number of thiocarbonyl (C=S) groups is 1. The predicted octanol–water partition coefficient (Wildman–Crippen LogP) is 1.06. The van der Waals surface area contributed by atoms with Crippen LogP contribution in [0.25, 0.3) is 0 Å². The summed E-state index contributed by atoms with van der Waals surface area (Å²) in [6, 6.07) is 7.44. The molecule has 0 amide bonds. The summed E-state index contributed by atoms with van der Waals surface area (Å²) in [5.74, 6) is 0.424. The van der Waals surface area contributed by atoms with E-state index in [1.807, 2.05) is 24.3 Å². The van der Waals surface area contributed by atoms with Gasteiger partial charge < -0.3 is 20.8 Å². The average Bonchev–Trinajstić information content (AvgIpc) is 2.48. The van der Waals surface area contributed by atoms with Gasteiger partial charge in [0.25, 0.3) is 0 Å². The lowest BCUT2D eigenvalue weighted by atomic mass is 9.97. The molecule has 1 aliphatic rings. The normalized spacial score (nSPS) is 18.9. The largest absolute Gasteiger partial charge is 0.396 e. The zero-order chi connectivity index (χ0) is 14.5. The summed E-state index contributed by atoms with van der Waals surface area (Å²) < 4.78 is 0. The highest BCUT2D eigenvalue weighted by Gasteiger charge is 2.20. The lowest BCUT2D eigenvalue weighted by Crippen LogP contribution is -2.37. The number of rotatable bonds is 5. The maximum atomic E-state index is 10.3. The minimum atomic E-state index is -0.499. The number of nitrogens with zero attached hydrogens (tertiary/aromatic N) is 1. The number of hydrogen-bond donors (Lipinski definition) is 3. The van der Waals surface area contributed by atoms with E-state index in [0.717, 1.165) is 37.1 Å². The number of hydrogen-bond acceptors (Lipinski definition) is 4. The van der Waals surface area contributed by atoms with Gasteiger partial charge in [-0.05, 0) is 37.4 Å². The Labute approximate surface area is 125 Å². The first-order valence-electron chi connectivity index (χ1n) is 7.01. The lowest BCUT2D eigenvalue weighted by molar-refractivity contribution is 0.0763. The highest BCUT2D eigenvalue weighted by atomic mass is 32.1. The smallest absolute Gasteiger partial charge is 0.103 e. The minimum absolute atomic E-state index is 0.275. The quantitative estimate of drug-likeness (QED) is 0.708. The second-order valence-electron chi connectivity index (χ2n) is 5.43. The molecule has 110 valence electrons. The molecular formula is C15H22N2O2S. The summed E-state index contributed by atoms with van der Waals surface area (Å²) in [5, 5.41) is 19.4. The number of benzene rings is 1. The van der Waals surface area contributed by atoms with Crippen LogP contribution in [-0.4, -0.2) is 46.3 Å². The second-order valence-corrected chi connectivity index (χ2v) is 5.87. The Morgan fingerprint density at radius 2 is 1.90 bits per heavy atom. The van der Waals surface area contributed by atoms with Gasteiger partial charge in [-0.2, -0.15) is 0 Å². The molecule has 0 radical (unpaired) electrons. The minimum Gasteiger partial charge on any atom is -0.396 e. The third-order valence-corrected chi connectivity index (χ3v) is 4.21. The van der Waals surface area contributed by atoms with Crippen LogP contribution in [0.15, 0.2) is 24.3 Å². The predicted molar refractivity (Wildman–Crippen MR) is 83.5 cm³/mol. The van der Waals surface area contributed by atoms with E-state index < -0.39 is 6.10 Å². The van der Waals surface area contributed by atoms with E-state index in [1.54, 1.807) is 0 Å². The van der Waals surface area contributed by atoms with E-state index in [4.69, 9.17) is 23.1 Å². The van der Waals surface area contributed by atoms with E-state index in [0.29, 0.717) is 17.5 Å². The number of β-amino-alcohol motifs (C(OH)–C–C–N with tert-alkyl or cyclic N) is 1. The SMILES string of the molecule is NC(=S)c1ccc(C(O)CN2CCC(CO)CC2)cc1. The Bertz CT molecular complexity index is 442. The zero-order valence-electron chi connectivity index (χ0n) is 11.5. The molecule has 0 saturated carbocycles. The van der Waals surface area contributed by atoms with Gasteiger partial charge in [0.1, 0.15) is 4.99 Å². The molecule has 4 nitrogen and oxygen atoms in total. The van der Waals surface area contributed by atoms with Gasteiger partial charge in [0.05, 0.1) is 6.10 Å². The molecule has 0 bridgehead atoms. The molecule has 0 spiro atoms. The summed E-state index contributed by atoms with van der Waals surface area (Å²) in [5.41, 5.74) is 7.26. The molecule has 0 aliphatic carbocycles. The van der Waals surface area contributed by atoms with Crippen molar-refractivity contribution in [2.45, 2.75) is 18.9 Å². The van der Waals surface area contributed by atoms with Crippen molar-refractivity contribution in [3.8, 4) is 0 Å². The van der Waals surface area contributed by atoms with Gasteiger partial charge >= 0.3 is 0 Å². The van der Waals surface area contributed by atoms with E-state index >= 15 is 0 Å².